The molecule has 5 nitrogen and oxygen atoms in total. The monoisotopic (exact) mass is 433 g/mol. The molecule has 23 heavy (non-hydrogen) atoms. The third-order valence-electron chi connectivity index (χ3n) is 4.94. The molecule has 1 aromatic rings. The number of hydrogen-bond acceptors (Lipinski definition) is 3. The molecule has 1 aliphatic carbocycles. The van der Waals surface area contributed by atoms with Crippen LogP contribution in [0.5, 0.6) is 0 Å². The van der Waals surface area contributed by atoms with Crippen LogP contribution in [0.3, 0.4) is 0 Å². The van der Waals surface area contributed by atoms with Crippen molar-refractivity contribution in [2.24, 2.45) is 10.4 Å². The largest absolute Gasteiger partial charge is 0.467 e. The van der Waals surface area contributed by atoms with Gasteiger partial charge >= 0.3 is 0 Å². The number of hydrogen-bond donors (Lipinski definition) is 1. The molecule has 0 bridgehead atoms. The summed E-state index contributed by atoms with van der Waals surface area (Å²) in [4.78, 5) is 6.85. The Bertz CT molecular complexity index is 486. The first-order chi connectivity index (χ1) is 10.8. The van der Waals surface area contributed by atoms with Crippen molar-refractivity contribution in [3.63, 3.8) is 0 Å². The summed E-state index contributed by atoms with van der Waals surface area (Å²) in [7, 11) is 1.88. The Labute approximate surface area is 155 Å². The molecule has 1 N–H and O–H groups in total. The fourth-order valence-electron chi connectivity index (χ4n) is 3.47. The fraction of sp³-hybridized carbons (Fsp3) is 0.706. The first-order valence-electron chi connectivity index (χ1n) is 8.37. The van der Waals surface area contributed by atoms with Crippen LogP contribution < -0.4 is 5.32 Å². The summed E-state index contributed by atoms with van der Waals surface area (Å²) >= 11 is 0. The molecule has 1 aliphatic heterocycles. The highest BCUT2D eigenvalue weighted by Crippen LogP contribution is 2.47. The molecule has 2 aliphatic rings. The van der Waals surface area contributed by atoms with E-state index in [1.54, 1.807) is 6.26 Å². The van der Waals surface area contributed by atoms with Crippen LogP contribution in [0.2, 0.25) is 0 Å². The van der Waals surface area contributed by atoms with Crippen molar-refractivity contribution >= 4 is 29.9 Å². The topological polar surface area (TPSA) is 50.0 Å². The van der Waals surface area contributed by atoms with Crippen molar-refractivity contribution in [2.45, 2.75) is 38.7 Å². The van der Waals surface area contributed by atoms with Gasteiger partial charge in [0.2, 0.25) is 0 Å². The summed E-state index contributed by atoms with van der Waals surface area (Å²) in [5, 5.41) is 3.46. The summed E-state index contributed by atoms with van der Waals surface area (Å²) in [6.07, 6.45) is 8.20. The molecule has 0 atom stereocenters. The Morgan fingerprint density at radius 2 is 2.30 bits per heavy atom. The molecular weight excluding hydrogens is 405 g/mol. The fourth-order valence-corrected chi connectivity index (χ4v) is 3.47. The zero-order chi connectivity index (χ0) is 15.3. The lowest BCUT2D eigenvalue weighted by atomic mass is 9.68. The summed E-state index contributed by atoms with van der Waals surface area (Å²) < 4.78 is 10.8. The molecule has 0 unspecified atom stereocenters. The summed E-state index contributed by atoms with van der Waals surface area (Å²) in [5.41, 5.74) is 0.615. The van der Waals surface area contributed by atoms with Gasteiger partial charge in [0, 0.05) is 33.3 Å². The molecule has 1 saturated heterocycles. The van der Waals surface area contributed by atoms with E-state index >= 15 is 0 Å². The van der Waals surface area contributed by atoms with E-state index in [0.717, 1.165) is 37.8 Å². The molecule has 1 saturated carbocycles. The van der Waals surface area contributed by atoms with Crippen LogP contribution in [0.15, 0.2) is 27.8 Å². The van der Waals surface area contributed by atoms with Crippen LogP contribution >= 0.6 is 24.0 Å². The van der Waals surface area contributed by atoms with Crippen molar-refractivity contribution in [1.29, 1.82) is 0 Å². The minimum Gasteiger partial charge on any atom is -0.467 e. The average Bonchev–Trinajstić information content (AvgIpc) is 3.15. The second-order valence-electron chi connectivity index (χ2n) is 6.48. The van der Waals surface area contributed by atoms with Gasteiger partial charge in [-0.15, -0.1) is 24.0 Å². The standard InChI is InChI=1S/C17H27N3O2.HI/c1-18-16(20-10-8-17(14-20)6-3-7-17)19-9-4-11-21-13-15-5-2-12-22-15;/h2,5,12H,3-4,6-11,13-14H2,1H3,(H,18,19);1H. The van der Waals surface area contributed by atoms with E-state index in [1.807, 2.05) is 19.2 Å². The quantitative estimate of drug-likeness (QED) is 0.324. The van der Waals surface area contributed by atoms with Crippen LogP contribution in [-0.2, 0) is 11.3 Å². The number of guanidine groups is 1. The van der Waals surface area contributed by atoms with Gasteiger partial charge in [0.15, 0.2) is 5.96 Å². The molecule has 2 heterocycles. The van der Waals surface area contributed by atoms with E-state index in [1.165, 1.54) is 32.2 Å². The third kappa shape index (κ3) is 4.86. The van der Waals surface area contributed by atoms with Crippen LogP contribution in [0.25, 0.3) is 0 Å². The van der Waals surface area contributed by atoms with Gasteiger partial charge in [-0.2, -0.15) is 0 Å². The Balaban J connectivity index is 0.00000192. The van der Waals surface area contributed by atoms with Gasteiger partial charge in [-0.25, -0.2) is 0 Å². The highest BCUT2D eigenvalue weighted by molar-refractivity contribution is 14.0. The Morgan fingerprint density at radius 1 is 1.43 bits per heavy atom. The molecule has 2 fully saturated rings. The summed E-state index contributed by atoms with van der Waals surface area (Å²) in [6, 6.07) is 3.82. The number of aliphatic imine (C=N–C) groups is 1. The summed E-state index contributed by atoms with van der Waals surface area (Å²) in [5.74, 6) is 1.93. The number of likely N-dealkylation sites (tertiary alicyclic amines) is 1. The molecule has 130 valence electrons. The normalized spacial score (nSPS) is 19.5. The van der Waals surface area contributed by atoms with Crippen LogP contribution in [0.1, 0.15) is 37.9 Å². The number of furan rings is 1. The maximum atomic E-state index is 5.59. The smallest absolute Gasteiger partial charge is 0.193 e. The lowest BCUT2D eigenvalue weighted by Crippen LogP contribution is -2.42. The van der Waals surface area contributed by atoms with Crippen molar-refractivity contribution in [3.05, 3.63) is 24.2 Å². The van der Waals surface area contributed by atoms with E-state index < -0.39 is 0 Å². The van der Waals surface area contributed by atoms with E-state index in [2.05, 4.69) is 15.2 Å². The molecule has 0 amide bonds. The molecule has 6 heteroatoms. The van der Waals surface area contributed by atoms with Crippen molar-refractivity contribution in [3.8, 4) is 0 Å². The maximum absolute atomic E-state index is 5.59. The van der Waals surface area contributed by atoms with Crippen molar-refractivity contribution < 1.29 is 9.15 Å². The van der Waals surface area contributed by atoms with E-state index in [-0.39, 0.29) is 24.0 Å². The van der Waals surface area contributed by atoms with Crippen molar-refractivity contribution in [2.75, 3.05) is 33.3 Å². The number of ether oxygens (including phenoxy) is 1. The summed E-state index contributed by atoms with van der Waals surface area (Å²) in [6.45, 7) is 4.51. The second-order valence-corrected chi connectivity index (χ2v) is 6.48. The van der Waals surface area contributed by atoms with Gasteiger partial charge < -0.3 is 19.4 Å². The third-order valence-corrected chi connectivity index (χ3v) is 4.94. The van der Waals surface area contributed by atoms with Crippen LogP contribution in [0, 0.1) is 5.41 Å². The Hall–Kier alpha value is -0.760. The van der Waals surface area contributed by atoms with E-state index in [0.29, 0.717) is 12.0 Å². The van der Waals surface area contributed by atoms with Crippen LogP contribution in [-0.4, -0.2) is 44.1 Å². The van der Waals surface area contributed by atoms with Gasteiger partial charge in [0.05, 0.1) is 6.26 Å². The van der Waals surface area contributed by atoms with Gasteiger partial charge in [-0.05, 0) is 43.2 Å². The maximum Gasteiger partial charge on any atom is 0.193 e. The molecular formula is C17H28IN3O2. The first kappa shape index (κ1) is 18.6. The number of nitrogens with zero attached hydrogens (tertiary/aromatic N) is 2. The van der Waals surface area contributed by atoms with E-state index in [9.17, 15) is 0 Å². The molecule has 0 aromatic carbocycles. The predicted octanol–water partition coefficient (Wildman–Crippen LogP) is 3.26. The molecule has 1 aromatic heterocycles. The van der Waals surface area contributed by atoms with E-state index in [4.69, 9.17) is 9.15 Å². The zero-order valence-electron chi connectivity index (χ0n) is 13.9. The highest BCUT2D eigenvalue weighted by atomic mass is 127. The molecule has 3 rings (SSSR count). The van der Waals surface area contributed by atoms with Gasteiger partial charge in [-0.1, -0.05) is 6.42 Å². The van der Waals surface area contributed by atoms with Gasteiger partial charge in [0.25, 0.3) is 0 Å². The molecule has 0 radical (unpaired) electrons. The Morgan fingerprint density at radius 3 is 2.91 bits per heavy atom. The average molecular weight is 433 g/mol. The second kappa shape index (κ2) is 8.92. The first-order valence-corrected chi connectivity index (χ1v) is 8.37. The molecule has 1 spiro atoms. The predicted molar refractivity (Wildman–Crippen MR) is 102 cm³/mol. The zero-order valence-corrected chi connectivity index (χ0v) is 16.3. The number of rotatable bonds is 6. The minimum atomic E-state index is 0. The number of nitrogens with one attached hydrogen (secondary N) is 1. The number of halogens is 1. The lowest BCUT2D eigenvalue weighted by molar-refractivity contribution is 0.104. The lowest BCUT2D eigenvalue weighted by Gasteiger charge is -2.38. The minimum absolute atomic E-state index is 0. The van der Waals surface area contributed by atoms with Gasteiger partial charge in [-0.3, -0.25) is 4.99 Å². The van der Waals surface area contributed by atoms with Crippen LogP contribution in [0.4, 0.5) is 0 Å². The van der Waals surface area contributed by atoms with Gasteiger partial charge in [0.1, 0.15) is 12.4 Å². The Kier molecular flexibility index (Phi) is 7.20. The van der Waals surface area contributed by atoms with Crippen molar-refractivity contribution in [1.82, 2.24) is 10.2 Å². The SMILES string of the molecule is CN=C(NCCCOCc1ccco1)N1CCC2(CCC2)C1.I. The highest BCUT2D eigenvalue weighted by Gasteiger charge is 2.43.